The Morgan fingerprint density at radius 1 is 1.26 bits per heavy atom. The Morgan fingerprint density at radius 2 is 1.95 bits per heavy atom. The molecule has 0 fully saturated rings. The van der Waals surface area contributed by atoms with E-state index in [2.05, 4.69) is 10.6 Å². The van der Waals surface area contributed by atoms with E-state index in [9.17, 15) is 14.7 Å². The second-order valence-electron chi connectivity index (χ2n) is 4.91. The van der Waals surface area contributed by atoms with E-state index in [1.165, 1.54) is 6.07 Å². The first-order valence-corrected chi connectivity index (χ1v) is 6.29. The Bertz CT molecular complexity index is 470. The van der Waals surface area contributed by atoms with Gasteiger partial charge in [-0.05, 0) is 37.0 Å². The van der Waals surface area contributed by atoms with Crippen LogP contribution in [0.3, 0.4) is 0 Å². The molecule has 3 N–H and O–H groups in total. The molecule has 0 aliphatic carbocycles. The molecule has 0 radical (unpaired) electrons. The number of aromatic hydroxyl groups is 1. The Hall–Kier alpha value is -2.04. The highest BCUT2D eigenvalue weighted by Gasteiger charge is 2.14. The number of hydrogen-bond donors (Lipinski definition) is 3. The van der Waals surface area contributed by atoms with Gasteiger partial charge in [-0.1, -0.05) is 19.9 Å². The van der Waals surface area contributed by atoms with Gasteiger partial charge in [0, 0.05) is 6.54 Å². The number of phenolic OH excluding ortho intramolecular Hbond substituents is 1. The maximum Gasteiger partial charge on any atom is 0.313 e. The van der Waals surface area contributed by atoms with Gasteiger partial charge in [-0.3, -0.25) is 9.59 Å². The molecule has 1 aromatic rings. The third kappa shape index (κ3) is 4.99. The molecule has 0 heterocycles. The summed E-state index contributed by atoms with van der Waals surface area (Å²) in [6, 6.07) is 4.80. The zero-order valence-corrected chi connectivity index (χ0v) is 11.5. The normalized spacial score (nSPS) is 10.3. The van der Waals surface area contributed by atoms with Gasteiger partial charge in [0.05, 0.1) is 5.69 Å². The van der Waals surface area contributed by atoms with E-state index in [4.69, 9.17) is 0 Å². The van der Waals surface area contributed by atoms with E-state index in [1.807, 2.05) is 20.8 Å². The van der Waals surface area contributed by atoms with Crippen LogP contribution in [0.4, 0.5) is 5.69 Å². The third-order valence-corrected chi connectivity index (χ3v) is 2.61. The summed E-state index contributed by atoms with van der Waals surface area (Å²) in [5.41, 5.74) is 1.12. The van der Waals surface area contributed by atoms with Crippen molar-refractivity contribution in [3.05, 3.63) is 23.8 Å². The van der Waals surface area contributed by atoms with Crippen molar-refractivity contribution >= 4 is 17.5 Å². The van der Waals surface area contributed by atoms with Gasteiger partial charge in [0.1, 0.15) is 5.75 Å². The number of amides is 2. The summed E-state index contributed by atoms with van der Waals surface area (Å²) < 4.78 is 0. The van der Waals surface area contributed by atoms with Crippen molar-refractivity contribution < 1.29 is 14.7 Å². The van der Waals surface area contributed by atoms with Crippen LogP contribution in [0.15, 0.2) is 18.2 Å². The zero-order chi connectivity index (χ0) is 14.4. The molecule has 5 heteroatoms. The Morgan fingerprint density at radius 3 is 2.58 bits per heavy atom. The molecular formula is C14H20N2O3. The molecule has 0 aromatic heterocycles. The molecule has 0 bridgehead atoms. The van der Waals surface area contributed by atoms with Gasteiger partial charge in [0.25, 0.3) is 0 Å². The second kappa shape index (κ2) is 6.78. The van der Waals surface area contributed by atoms with Gasteiger partial charge in [0.15, 0.2) is 0 Å². The average molecular weight is 264 g/mol. The van der Waals surface area contributed by atoms with Crippen LogP contribution in [0.5, 0.6) is 5.75 Å². The zero-order valence-electron chi connectivity index (χ0n) is 11.5. The molecule has 19 heavy (non-hydrogen) atoms. The highest BCUT2D eigenvalue weighted by Crippen LogP contribution is 2.23. The summed E-state index contributed by atoms with van der Waals surface area (Å²) in [6.45, 7) is 6.37. The lowest BCUT2D eigenvalue weighted by atomic mass is 10.1. The Kier molecular flexibility index (Phi) is 5.36. The van der Waals surface area contributed by atoms with Crippen LogP contribution in [0.2, 0.25) is 0 Å². The molecule has 0 atom stereocenters. The van der Waals surface area contributed by atoms with Gasteiger partial charge in [-0.2, -0.15) is 0 Å². The summed E-state index contributed by atoms with van der Waals surface area (Å²) in [5, 5.41) is 14.5. The highest BCUT2D eigenvalue weighted by atomic mass is 16.3. The van der Waals surface area contributed by atoms with Gasteiger partial charge in [-0.25, -0.2) is 0 Å². The maximum atomic E-state index is 11.6. The second-order valence-corrected chi connectivity index (χ2v) is 4.91. The summed E-state index contributed by atoms with van der Waals surface area (Å²) >= 11 is 0. The predicted molar refractivity (Wildman–Crippen MR) is 73.9 cm³/mol. The monoisotopic (exact) mass is 264 g/mol. The van der Waals surface area contributed by atoms with E-state index in [0.29, 0.717) is 12.5 Å². The number of benzene rings is 1. The highest BCUT2D eigenvalue weighted by molar-refractivity contribution is 6.39. The molecule has 1 aromatic carbocycles. The molecule has 0 aliphatic heterocycles. The average Bonchev–Trinajstić information content (AvgIpc) is 2.33. The van der Waals surface area contributed by atoms with E-state index < -0.39 is 11.8 Å². The topological polar surface area (TPSA) is 78.4 Å². The molecule has 2 amide bonds. The minimum Gasteiger partial charge on any atom is -0.506 e. The lowest BCUT2D eigenvalue weighted by Crippen LogP contribution is -2.36. The van der Waals surface area contributed by atoms with Crippen molar-refractivity contribution in [1.82, 2.24) is 5.32 Å². The van der Waals surface area contributed by atoms with Crippen molar-refractivity contribution in [2.24, 2.45) is 5.92 Å². The molecular weight excluding hydrogens is 244 g/mol. The smallest absolute Gasteiger partial charge is 0.313 e. The molecule has 1 rings (SSSR count). The SMILES string of the molecule is Cc1ccc(O)c(NC(=O)C(=O)NCCC(C)C)c1. The minimum atomic E-state index is -0.773. The lowest BCUT2D eigenvalue weighted by molar-refractivity contribution is -0.136. The van der Waals surface area contributed by atoms with Crippen LogP contribution in [-0.2, 0) is 9.59 Å². The van der Waals surface area contributed by atoms with Crippen LogP contribution in [0.1, 0.15) is 25.8 Å². The molecule has 0 unspecified atom stereocenters. The van der Waals surface area contributed by atoms with Crippen LogP contribution in [0, 0.1) is 12.8 Å². The number of anilines is 1. The number of rotatable bonds is 4. The number of carbonyl (C=O) groups is 2. The molecule has 0 aliphatic rings. The lowest BCUT2D eigenvalue weighted by Gasteiger charge is -2.09. The van der Waals surface area contributed by atoms with Crippen molar-refractivity contribution in [1.29, 1.82) is 0 Å². The first-order chi connectivity index (χ1) is 8.90. The fourth-order valence-corrected chi connectivity index (χ4v) is 1.48. The molecule has 0 spiro atoms. The summed E-state index contributed by atoms with van der Waals surface area (Å²) in [6.07, 6.45) is 0.814. The van der Waals surface area contributed by atoms with Crippen molar-refractivity contribution in [3.63, 3.8) is 0 Å². The number of phenols is 1. The minimum absolute atomic E-state index is 0.0612. The van der Waals surface area contributed by atoms with Crippen LogP contribution >= 0.6 is 0 Å². The molecule has 104 valence electrons. The number of nitrogens with one attached hydrogen (secondary N) is 2. The third-order valence-electron chi connectivity index (χ3n) is 2.61. The van der Waals surface area contributed by atoms with Gasteiger partial charge in [-0.15, -0.1) is 0 Å². The molecule has 5 nitrogen and oxygen atoms in total. The number of hydrogen-bond acceptors (Lipinski definition) is 3. The predicted octanol–water partition coefficient (Wildman–Crippen LogP) is 1.80. The van der Waals surface area contributed by atoms with Crippen molar-refractivity contribution in [2.75, 3.05) is 11.9 Å². The van der Waals surface area contributed by atoms with Gasteiger partial charge in [0.2, 0.25) is 0 Å². The first-order valence-electron chi connectivity index (χ1n) is 6.29. The van der Waals surface area contributed by atoms with Crippen molar-refractivity contribution in [3.8, 4) is 5.75 Å². The van der Waals surface area contributed by atoms with Crippen LogP contribution in [0.25, 0.3) is 0 Å². The maximum absolute atomic E-state index is 11.6. The standard InChI is InChI=1S/C14H20N2O3/c1-9(2)6-7-15-13(18)14(19)16-11-8-10(3)4-5-12(11)17/h4-5,8-9,17H,6-7H2,1-3H3,(H,15,18)(H,16,19). The Balaban J connectivity index is 2.54. The Labute approximate surface area is 113 Å². The fraction of sp³-hybridized carbons (Fsp3) is 0.429. The van der Waals surface area contributed by atoms with Gasteiger partial charge >= 0.3 is 11.8 Å². The van der Waals surface area contributed by atoms with E-state index >= 15 is 0 Å². The van der Waals surface area contributed by atoms with Crippen LogP contribution in [-0.4, -0.2) is 23.5 Å². The first kappa shape index (κ1) is 15.0. The van der Waals surface area contributed by atoms with Gasteiger partial charge < -0.3 is 15.7 Å². The molecule has 0 saturated heterocycles. The van der Waals surface area contributed by atoms with E-state index in [0.717, 1.165) is 12.0 Å². The van der Waals surface area contributed by atoms with Crippen LogP contribution < -0.4 is 10.6 Å². The van der Waals surface area contributed by atoms with E-state index in [-0.39, 0.29) is 11.4 Å². The molecule has 0 saturated carbocycles. The number of carbonyl (C=O) groups excluding carboxylic acids is 2. The number of aryl methyl sites for hydroxylation is 1. The van der Waals surface area contributed by atoms with E-state index in [1.54, 1.807) is 12.1 Å². The summed E-state index contributed by atoms with van der Waals surface area (Å²) in [4.78, 5) is 23.1. The largest absolute Gasteiger partial charge is 0.506 e. The summed E-state index contributed by atoms with van der Waals surface area (Å²) in [5.74, 6) is -1.07. The quantitative estimate of drug-likeness (QED) is 0.573. The summed E-state index contributed by atoms with van der Waals surface area (Å²) in [7, 11) is 0. The van der Waals surface area contributed by atoms with Crippen molar-refractivity contribution in [2.45, 2.75) is 27.2 Å². The fourth-order valence-electron chi connectivity index (χ4n) is 1.48.